The predicted octanol–water partition coefficient (Wildman–Crippen LogP) is 4.33. The number of nitrogen functional groups attached to an aromatic ring is 1. The Morgan fingerprint density at radius 2 is 1.79 bits per heavy atom. The van der Waals surface area contributed by atoms with Crippen LogP contribution < -0.4 is 11.1 Å². The fraction of sp³-hybridized carbons (Fsp3) is 0.533. The van der Waals surface area contributed by atoms with Crippen molar-refractivity contribution >= 4 is 33.2 Å². The number of anilines is 2. The molecule has 1 aromatic rings. The zero-order chi connectivity index (χ0) is 13.7. The number of nitrogens with two attached hydrogens (primary N) is 1. The molecule has 3 N–H and O–H groups in total. The molecule has 0 unspecified atom stereocenters. The van der Waals surface area contributed by atoms with Gasteiger partial charge in [0, 0.05) is 16.1 Å². The second kappa shape index (κ2) is 6.94. The van der Waals surface area contributed by atoms with Gasteiger partial charge in [0.2, 0.25) is 5.91 Å². The van der Waals surface area contributed by atoms with E-state index in [2.05, 4.69) is 21.2 Å². The van der Waals surface area contributed by atoms with Gasteiger partial charge in [-0.05, 0) is 47.0 Å². The molecule has 0 heterocycles. The van der Waals surface area contributed by atoms with Crippen LogP contribution in [0.2, 0.25) is 0 Å². The minimum absolute atomic E-state index is 0.133. The molecular weight excluding hydrogens is 304 g/mol. The molecule has 2 rings (SSSR count). The maximum Gasteiger partial charge on any atom is 0.227 e. The average molecular weight is 325 g/mol. The Balaban J connectivity index is 2.00. The summed E-state index contributed by atoms with van der Waals surface area (Å²) < 4.78 is 0.876. The first kappa shape index (κ1) is 14.4. The van der Waals surface area contributed by atoms with E-state index in [1.54, 1.807) is 6.07 Å². The summed E-state index contributed by atoms with van der Waals surface area (Å²) in [5.41, 5.74) is 7.19. The Bertz CT molecular complexity index is 440. The van der Waals surface area contributed by atoms with Gasteiger partial charge >= 0.3 is 0 Å². The number of amides is 1. The molecule has 0 bridgehead atoms. The van der Waals surface area contributed by atoms with Crippen LogP contribution in [0.1, 0.15) is 44.9 Å². The van der Waals surface area contributed by atoms with Crippen LogP contribution in [-0.2, 0) is 4.79 Å². The van der Waals surface area contributed by atoms with Gasteiger partial charge in [-0.3, -0.25) is 4.79 Å². The van der Waals surface area contributed by atoms with Crippen LogP contribution in [0.5, 0.6) is 0 Å². The molecule has 104 valence electrons. The lowest BCUT2D eigenvalue weighted by molar-refractivity contribution is -0.120. The molecule has 0 radical (unpaired) electrons. The van der Waals surface area contributed by atoms with Gasteiger partial charge in [0.25, 0.3) is 0 Å². The maximum absolute atomic E-state index is 12.3. The smallest absolute Gasteiger partial charge is 0.227 e. The third-order valence-electron chi connectivity index (χ3n) is 3.72. The van der Waals surface area contributed by atoms with Gasteiger partial charge < -0.3 is 11.1 Å². The van der Waals surface area contributed by atoms with Crippen molar-refractivity contribution in [3.8, 4) is 0 Å². The highest BCUT2D eigenvalue weighted by Gasteiger charge is 2.20. The number of rotatable bonds is 2. The Hall–Kier alpha value is -1.03. The molecule has 1 aliphatic rings. The van der Waals surface area contributed by atoms with Crippen LogP contribution in [-0.4, -0.2) is 5.91 Å². The van der Waals surface area contributed by atoms with Gasteiger partial charge in [0.05, 0.1) is 5.69 Å². The molecular formula is C15H21BrN2O. The standard InChI is InChI=1S/C15H21BrN2O/c16-13-9-8-12(17)10-14(13)18-15(19)11-6-4-2-1-3-5-7-11/h8-11H,1-7,17H2,(H,18,19). The summed E-state index contributed by atoms with van der Waals surface area (Å²) in [6.07, 6.45) is 8.16. The first-order chi connectivity index (χ1) is 9.16. The van der Waals surface area contributed by atoms with Gasteiger partial charge in [-0.25, -0.2) is 0 Å². The molecule has 0 aromatic heterocycles. The van der Waals surface area contributed by atoms with Gasteiger partial charge in [-0.15, -0.1) is 0 Å². The summed E-state index contributed by atoms with van der Waals surface area (Å²) in [4.78, 5) is 12.3. The van der Waals surface area contributed by atoms with Crippen LogP contribution in [0.3, 0.4) is 0 Å². The number of hydrogen-bond acceptors (Lipinski definition) is 2. The number of benzene rings is 1. The van der Waals surface area contributed by atoms with Gasteiger partial charge in [-0.1, -0.05) is 32.1 Å². The quantitative estimate of drug-likeness (QED) is 0.795. The molecule has 0 saturated heterocycles. The van der Waals surface area contributed by atoms with E-state index >= 15 is 0 Å². The second-order valence-electron chi connectivity index (χ2n) is 5.27. The van der Waals surface area contributed by atoms with Crippen LogP contribution >= 0.6 is 15.9 Å². The maximum atomic E-state index is 12.3. The topological polar surface area (TPSA) is 55.1 Å². The number of hydrogen-bond donors (Lipinski definition) is 2. The summed E-state index contributed by atoms with van der Waals surface area (Å²) in [6.45, 7) is 0. The highest BCUT2D eigenvalue weighted by atomic mass is 79.9. The van der Waals surface area contributed by atoms with Crippen LogP contribution in [0.25, 0.3) is 0 Å². The van der Waals surface area contributed by atoms with E-state index in [9.17, 15) is 4.79 Å². The monoisotopic (exact) mass is 324 g/mol. The zero-order valence-corrected chi connectivity index (χ0v) is 12.7. The largest absolute Gasteiger partial charge is 0.399 e. The Labute approximate surface area is 123 Å². The number of nitrogens with one attached hydrogen (secondary N) is 1. The van der Waals surface area contributed by atoms with E-state index in [1.165, 1.54) is 19.3 Å². The fourth-order valence-corrected chi connectivity index (χ4v) is 2.94. The van der Waals surface area contributed by atoms with Crippen molar-refractivity contribution in [2.75, 3.05) is 11.1 Å². The molecule has 1 amide bonds. The van der Waals surface area contributed by atoms with Crippen molar-refractivity contribution in [3.63, 3.8) is 0 Å². The molecule has 0 aliphatic heterocycles. The predicted molar refractivity (Wildman–Crippen MR) is 83.0 cm³/mol. The summed E-state index contributed by atoms with van der Waals surface area (Å²) in [7, 11) is 0. The molecule has 0 spiro atoms. The van der Waals surface area contributed by atoms with Crippen molar-refractivity contribution in [1.29, 1.82) is 0 Å². The Kier molecular flexibility index (Phi) is 5.25. The molecule has 19 heavy (non-hydrogen) atoms. The summed E-state index contributed by atoms with van der Waals surface area (Å²) in [5, 5.41) is 3.00. The zero-order valence-electron chi connectivity index (χ0n) is 11.1. The minimum Gasteiger partial charge on any atom is -0.399 e. The molecule has 1 saturated carbocycles. The molecule has 1 fully saturated rings. The lowest BCUT2D eigenvalue weighted by atomic mass is 9.90. The van der Waals surface area contributed by atoms with E-state index in [0.29, 0.717) is 5.69 Å². The average Bonchev–Trinajstić information content (AvgIpc) is 2.33. The first-order valence-electron chi connectivity index (χ1n) is 7.02. The second-order valence-corrected chi connectivity index (χ2v) is 6.12. The van der Waals surface area contributed by atoms with Crippen molar-refractivity contribution in [1.82, 2.24) is 0 Å². The van der Waals surface area contributed by atoms with Gasteiger partial charge in [0.15, 0.2) is 0 Å². The van der Waals surface area contributed by atoms with Crippen molar-refractivity contribution in [2.24, 2.45) is 5.92 Å². The van der Waals surface area contributed by atoms with Gasteiger partial charge in [0.1, 0.15) is 0 Å². The highest BCUT2D eigenvalue weighted by Crippen LogP contribution is 2.27. The van der Waals surface area contributed by atoms with E-state index in [0.717, 1.165) is 35.8 Å². The van der Waals surface area contributed by atoms with E-state index in [4.69, 9.17) is 5.73 Å². The van der Waals surface area contributed by atoms with Gasteiger partial charge in [-0.2, -0.15) is 0 Å². The minimum atomic E-state index is 0.133. The number of halogens is 1. The lowest BCUT2D eigenvalue weighted by Gasteiger charge is -2.19. The summed E-state index contributed by atoms with van der Waals surface area (Å²) in [5.74, 6) is 0.279. The highest BCUT2D eigenvalue weighted by molar-refractivity contribution is 9.10. The third kappa shape index (κ3) is 4.23. The van der Waals surface area contributed by atoms with E-state index in [1.807, 2.05) is 12.1 Å². The number of carbonyl (C=O) groups is 1. The first-order valence-corrected chi connectivity index (χ1v) is 7.82. The molecule has 0 atom stereocenters. The lowest BCUT2D eigenvalue weighted by Crippen LogP contribution is -2.23. The summed E-state index contributed by atoms with van der Waals surface area (Å²) in [6, 6.07) is 5.48. The van der Waals surface area contributed by atoms with Crippen molar-refractivity contribution < 1.29 is 4.79 Å². The van der Waals surface area contributed by atoms with Crippen LogP contribution in [0, 0.1) is 5.92 Å². The molecule has 1 aromatic carbocycles. The molecule has 4 heteroatoms. The molecule has 3 nitrogen and oxygen atoms in total. The number of carbonyl (C=O) groups excluding carboxylic acids is 1. The van der Waals surface area contributed by atoms with Crippen LogP contribution in [0.15, 0.2) is 22.7 Å². The fourth-order valence-electron chi connectivity index (χ4n) is 2.59. The normalized spacial score (nSPS) is 17.5. The van der Waals surface area contributed by atoms with Crippen molar-refractivity contribution in [3.05, 3.63) is 22.7 Å². The van der Waals surface area contributed by atoms with E-state index in [-0.39, 0.29) is 11.8 Å². The van der Waals surface area contributed by atoms with Crippen LogP contribution in [0.4, 0.5) is 11.4 Å². The SMILES string of the molecule is Nc1ccc(Br)c(NC(=O)C2CCCCCCC2)c1. The van der Waals surface area contributed by atoms with Crippen molar-refractivity contribution in [2.45, 2.75) is 44.9 Å². The third-order valence-corrected chi connectivity index (χ3v) is 4.42. The Morgan fingerprint density at radius 3 is 2.47 bits per heavy atom. The Morgan fingerprint density at radius 1 is 1.16 bits per heavy atom. The molecule has 1 aliphatic carbocycles. The van der Waals surface area contributed by atoms with E-state index < -0.39 is 0 Å². The summed E-state index contributed by atoms with van der Waals surface area (Å²) >= 11 is 3.44.